The molecular weight excluding hydrogens is 304 g/mol. The number of benzene rings is 1. The number of hydrogen-bond donors (Lipinski definition) is 2. The molecular formula is C18H24N4O2. The van der Waals surface area contributed by atoms with Gasteiger partial charge in [-0.15, -0.1) is 0 Å². The van der Waals surface area contributed by atoms with Crippen LogP contribution in [0.5, 0.6) is 5.75 Å². The minimum atomic E-state index is -0.212. The molecule has 0 saturated heterocycles. The van der Waals surface area contributed by atoms with Gasteiger partial charge in [-0.25, -0.2) is 10.4 Å². The van der Waals surface area contributed by atoms with Crippen LogP contribution in [0.15, 0.2) is 40.2 Å². The second kappa shape index (κ2) is 9.50. The van der Waals surface area contributed by atoms with Gasteiger partial charge in [-0.05, 0) is 25.5 Å². The number of H-pyrrole nitrogens is 1. The highest BCUT2D eigenvalue weighted by Crippen LogP contribution is 2.16. The molecule has 1 aromatic carbocycles. The van der Waals surface area contributed by atoms with Crippen molar-refractivity contribution < 1.29 is 4.74 Å². The molecule has 1 aromatic heterocycles. The van der Waals surface area contributed by atoms with Crippen LogP contribution in [0, 0.1) is 6.92 Å². The summed E-state index contributed by atoms with van der Waals surface area (Å²) in [5, 5.41) is 4.12. The van der Waals surface area contributed by atoms with Gasteiger partial charge in [-0.3, -0.25) is 9.78 Å². The first-order valence-electron chi connectivity index (χ1n) is 8.28. The van der Waals surface area contributed by atoms with Crippen LogP contribution in [0.2, 0.25) is 0 Å². The predicted molar refractivity (Wildman–Crippen MR) is 96.9 cm³/mol. The average molecular weight is 328 g/mol. The minimum absolute atomic E-state index is 0.212. The van der Waals surface area contributed by atoms with Gasteiger partial charge >= 0.3 is 0 Å². The highest BCUT2D eigenvalue weighted by Gasteiger charge is 2.01. The van der Waals surface area contributed by atoms with Gasteiger partial charge in [-0.1, -0.05) is 38.3 Å². The van der Waals surface area contributed by atoms with E-state index in [2.05, 4.69) is 27.4 Å². The maximum atomic E-state index is 11.4. The molecule has 2 aromatic rings. The molecule has 24 heavy (non-hydrogen) atoms. The highest BCUT2D eigenvalue weighted by molar-refractivity contribution is 5.83. The van der Waals surface area contributed by atoms with E-state index in [0.717, 1.165) is 17.7 Å². The highest BCUT2D eigenvalue weighted by atomic mass is 16.5. The summed E-state index contributed by atoms with van der Waals surface area (Å²) >= 11 is 0. The van der Waals surface area contributed by atoms with E-state index in [4.69, 9.17) is 4.74 Å². The van der Waals surface area contributed by atoms with Crippen LogP contribution in [-0.2, 0) is 0 Å². The van der Waals surface area contributed by atoms with Gasteiger partial charge in [0.05, 0.1) is 12.8 Å². The molecule has 0 bridgehead atoms. The molecule has 6 heteroatoms. The molecule has 0 aliphatic rings. The maximum absolute atomic E-state index is 11.4. The van der Waals surface area contributed by atoms with E-state index in [1.165, 1.54) is 25.3 Å². The van der Waals surface area contributed by atoms with Crippen LogP contribution in [-0.4, -0.2) is 22.8 Å². The number of hydrogen-bond acceptors (Lipinski definition) is 5. The molecule has 2 N–H and O–H groups in total. The van der Waals surface area contributed by atoms with E-state index in [0.29, 0.717) is 18.2 Å². The van der Waals surface area contributed by atoms with Crippen molar-refractivity contribution in [2.75, 3.05) is 12.0 Å². The SMILES string of the molecule is CCCCCCOc1ccccc1/C=N/Nc1nc(C)cc(=O)[nH]1. The van der Waals surface area contributed by atoms with Crippen LogP contribution >= 0.6 is 0 Å². The fourth-order valence-electron chi connectivity index (χ4n) is 2.22. The van der Waals surface area contributed by atoms with Crippen molar-refractivity contribution >= 4 is 12.2 Å². The third-order valence-corrected chi connectivity index (χ3v) is 3.42. The second-order valence-electron chi connectivity index (χ2n) is 5.55. The lowest BCUT2D eigenvalue weighted by Gasteiger charge is -2.08. The van der Waals surface area contributed by atoms with Crippen LogP contribution in [0.25, 0.3) is 0 Å². The molecule has 0 atom stereocenters. The first kappa shape index (κ1) is 17.7. The molecule has 0 aliphatic heterocycles. The van der Waals surface area contributed by atoms with Crippen molar-refractivity contribution in [2.45, 2.75) is 39.5 Å². The average Bonchev–Trinajstić information content (AvgIpc) is 2.55. The summed E-state index contributed by atoms with van der Waals surface area (Å²) in [5.74, 6) is 1.11. The Morgan fingerprint density at radius 2 is 2.12 bits per heavy atom. The number of nitrogens with zero attached hydrogens (tertiary/aromatic N) is 2. The molecule has 0 amide bonds. The minimum Gasteiger partial charge on any atom is -0.493 e. The maximum Gasteiger partial charge on any atom is 0.252 e. The Hall–Kier alpha value is -2.63. The van der Waals surface area contributed by atoms with Crippen molar-refractivity contribution in [2.24, 2.45) is 5.10 Å². The van der Waals surface area contributed by atoms with Gasteiger partial charge in [0, 0.05) is 17.3 Å². The number of aryl methyl sites for hydroxylation is 1. The molecule has 0 radical (unpaired) electrons. The standard InChI is InChI=1S/C18H24N4O2/c1-3-4-5-8-11-24-16-10-7-6-9-15(16)13-19-22-18-20-14(2)12-17(23)21-18/h6-7,9-10,12-13H,3-5,8,11H2,1-2H3,(H2,20,21,22,23)/b19-13+. The zero-order valence-corrected chi connectivity index (χ0v) is 14.2. The first-order chi connectivity index (χ1) is 11.7. The molecule has 0 unspecified atom stereocenters. The number of nitrogens with one attached hydrogen (secondary N) is 2. The lowest BCUT2D eigenvalue weighted by atomic mass is 10.2. The zero-order chi connectivity index (χ0) is 17.2. The van der Waals surface area contributed by atoms with E-state index < -0.39 is 0 Å². The summed E-state index contributed by atoms with van der Waals surface area (Å²) in [4.78, 5) is 18.1. The lowest BCUT2D eigenvalue weighted by molar-refractivity contribution is 0.304. The molecule has 1 heterocycles. The molecule has 2 rings (SSSR count). The predicted octanol–water partition coefficient (Wildman–Crippen LogP) is 3.48. The van der Waals surface area contributed by atoms with E-state index >= 15 is 0 Å². The number of para-hydroxylation sites is 1. The second-order valence-corrected chi connectivity index (χ2v) is 5.55. The van der Waals surface area contributed by atoms with E-state index in [1.807, 2.05) is 24.3 Å². The molecule has 0 aliphatic carbocycles. The van der Waals surface area contributed by atoms with E-state index in [1.54, 1.807) is 13.1 Å². The summed E-state index contributed by atoms with van der Waals surface area (Å²) in [5.41, 5.74) is 4.02. The van der Waals surface area contributed by atoms with Gasteiger partial charge in [-0.2, -0.15) is 5.10 Å². The molecule has 6 nitrogen and oxygen atoms in total. The van der Waals surface area contributed by atoms with Gasteiger partial charge in [0.2, 0.25) is 5.95 Å². The molecule has 0 fully saturated rings. The monoisotopic (exact) mass is 328 g/mol. The number of unbranched alkanes of at least 4 members (excludes halogenated alkanes) is 3. The van der Waals surface area contributed by atoms with E-state index in [9.17, 15) is 4.79 Å². The molecule has 0 saturated carbocycles. The third-order valence-electron chi connectivity index (χ3n) is 3.42. The Morgan fingerprint density at radius 1 is 1.29 bits per heavy atom. The quantitative estimate of drug-likeness (QED) is 0.419. The number of hydrazone groups is 1. The van der Waals surface area contributed by atoms with Gasteiger partial charge in [0.15, 0.2) is 0 Å². The summed E-state index contributed by atoms with van der Waals surface area (Å²) in [6.45, 7) is 4.65. The number of anilines is 1. The third kappa shape index (κ3) is 5.87. The Kier molecular flexibility index (Phi) is 7.01. The summed E-state index contributed by atoms with van der Waals surface area (Å²) in [6, 6.07) is 9.15. The van der Waals surface area contributed by atoms with Gasteiger partial charge < -0.3 is 4.74 Å². The van der Waals surface area contributed by atoms with Crippen molar-refractivity contribution in [1.82, 2.24) is 9.97 Å². The van der Waals surface area contributed by atoms with Crippen LogP contribution in [0.4, 0.5) is 5.95 Å². The van der Waals surface area contributed by atoms with E-state index in [-0.39, 0.29) is 5.56 Å². The zero-order valence-electron chi connectivity index (χ0n) is 14.2. The Morgan fingerprint density at radius 3 is 2.92 bits per heavy atom. The lowest BCUT2D eigenvalue weighted by Crippen LogP contribution is -2.10. The van der Waals surface area contributed by atoms with Crippen LogP contribution in [0.3, 0.4) is 0 Å². The van der Waals surface area contributed by atoms with Crippen LogP contribution < -0.4 is 15.7 Å². The van der Waals surface area contributed by atoms with Gasteiger partial charge in [0.25, 0.3) is 5.56 Å². The summed E-state index contributed by atoms with van der Waals surface area (Å²) < 4.78 is 5.83. The van der Waals surface area contributed by atoms with Crippen molar-refractivity contribution in [3.63, 3.8) is 0 Å². The molecule has 128 valence electrons. The Bertz CT molecular complexity index is 725. The fraction of sp³-hybridized carbons (Fsp3) is 0.389. The largest absolute Gasteiger partial charge is 0.493 e. The summed E-state index contributed by atoms with van der Waals surface area (Å²) in [6.07, 6.45) is 6.33. The van der Waals surface area contributed by atoms with Crippen molar-refractivity contribution in [3.8, 4) is 5.75 Å². The number of aromatic amines is 1. The van der Waals surface area contributed by atoms with Crippen molar-refractivity contribution in [3.05, 3.63) is 51.9 Å². The fourth-order valence-corrected chi connectivity index (χ4v) is 2.22. The van der Waals surface area contributed by atoms with Gasteiger partial charge in [0.1, 0.15) is 5.75 Å². The summed E-state index contributed by atoms with van der Waals surface area (Å²) in [7, 11) is 0. The van der Waals surface area contributed by atoms with Crippen molar-refractivity contribution in [1.29, 1.82) is 0 Å². The smallest absolute Gasteiger partial charge is 0.252 e. The van der Waals surface area contributed by atoms with Crippen LogP contribution in [0.1, 0.15) is 43.9 Å². The Labute approximate surface area is 142 Å². The normalized spacial score (nSPS) is 10.9. The topological polar surface area (TPSA) is 79.4 Å². The number of ether oxygens (including phenoxy) is 1. The first-order valence-corrected chi connectivity index (χ1v) is 8.28. The molecule has 0 spiro atoms. The number of rotatable bonds is 9. The number of aromatic nitrogens is 2. The Balaban J connectivity index is 1.95.